The van der Waals surface area contributed by atoms with Crippen molar-refractivity contribution in [2.24, 2.45) is 0 Å². The summed E-state index contributed by atoms with van der Waals surface area (Å²) in [5, 5.41) is 15.1. The molecule has 0 saturated heterocycles. The summed E-state index contributed by atoms with van der Waals surface area (Å²) in [7, 11) is 1.42. The first-order chi connectivity index (χ1) is 11.7. The molecule has 0 aliphatic rings. The number of para-hydroxylation sites is 1. The molecule has 0 aliphatic heterocycles. The van der Waals surface area contributed by atoms with Gasteiger partial charge in [0.25, 0.3) is 5.69 Å². The monoisotopic (exact) mass is 326 g/mol. The van der Waals surface area contributed by atoms with Crippen LogP contribution >= 0.6 is 0 Å². The molecular weight excluding hydrogens is 312 g/mol. The number of nitro groups is 1. The quantitative estimate of drug-likeness (QED) is 0.511. The molecule has 3 rings (SSSR count). The smallest absolute Gasteiger partial charge is 0.273 e. The Morgan fingerprint density at radius 3 is 2.67 bits per heavy atom. The normalized spacial score (nSPS) is 10.4. The highest BCUT2D eigenvalue weighted by Crippen LogP contribution is 2.31. The summed E-state index contributed by atoms with van der Waals surface area (Å²) in [6, 6.07) is 13.7. The maximum Gasteiger partial charge on any atom is 0.273 e. The van der Waals surface area contributed by atoms with Crippen molar-refractivity contribution in [1.82, 2.24) is 14.8 Å². The second-order valence-electron chi connectivity index (χ2n) is 4.82. The zero-order chi connectivity index (χ0) is 16.9. The van der Waals surface area contributed by atoms with E-state index in [1.165, 1.54) is 25.3 Å². The number of hydrogen-bond donors (Lipinski definition) is 0. The van der Waals surface area contributed by atoms with Crippen LogP contribution in [0.1, 0.15) is 5.82 Å². The molecule has 0 saturated carbocycles. The number of nitro benzene ring substituents is 1. The van der Waals surface area contributed by atoms with Crippen molar-refractivity contribution in [2.75, 3.05) is 7.11 Å². The van der Waals surface area contributed by atoms with Gasteiger partial charge in [-0.25, -0.2) is 9.67 Å². The minimum atomic E-state index is -0.491. The van der Waals surface area contributed by atoms with Gasteiger partial charge in [-0.2, -0.15) is 0 Å². The molecule has 8 heteroatoms. The van der Waals surface area contributed by atoms with Gasteiger partial charge in [0.15, 0.2) is 17.3 Å². The largest absolute Gasteiger partial charge is 0.493 e. The van der Waals surface area contributed by atoms with Crippen molar-refractivity contribution in [3.63, 3.8) is 0 Å². The van der Waals surface area contributed by atoms with Crippen molar-refractivity contribution in [2.45, 2.75) is 6.61 Å². The molecule has 24 heavy (non-hydrogen) atoms. The van der Waals surface area contributed by atoms with Crippen LogP contribution in [-0.2, 0) is 6.61 Å². The van der Waals surface area contributed by atoms with E-state index in [1.54, 1.807) is 11.0 Å². The van der Waals surface area contributed by atoms with E-state index in [2.05, 4.69) is 10.1 Å². The SMILES string of the molecule is COc1cc([N+](=O)[O-])ccc1OCc1ncn(-c2ccccc2)n1. The standard InChI is InChI=1S/C16H14N4O4/c1-23-15-9-13(20(21)22)7-8-14(15)24-10-16-17-11-19(18-16)12-5-3-2-4-6-12/h2-9,11H,10H2,1H3. The van der Waals surface area contributed by atoms with E-state index >= 15 is 0 Å². The molecule has 0 bridgehead atoms. The van der Waals surface area contributed by atoms with Gasteiger partial charge >= 0.3 is 0 Å². The lowest BCUT2D eigenvalue weighted by atomic mass is 10.3. The van der Waals surface area contributed by atoms with E-state index in [9.17, 15) is 10.1 Å². The van der Waals surface area contributed by atoms with Crippen LogP contribution in [0.4, 0.5) is 5.69 Å². The van der Waals surface area contributed by atoms with Gasteiger partial charge in [-0.05, 0) is 18.2 Å². The average molecular weight is 326 g/mol. The minimum Gasteiger partial charge on any atom is -0.493 e. The lowest BCUT2D eigenvalue weighted by Gasteiger charge is -2.08. The Bertz CT molecular complexity index is 848. The zero-order valence-electron chi connectivity index (χ0n) is 12.8. The average Bonchev–Trinajstić information content (AvgIpc) is 3.09. The minimum absolute atomic E-state index is 0.0642. The molecular formula is C16H14N4O4. The predicted octanol–water partition coefficient (Wildman–Crippen LogP) is 2.76. The summed E-state index contributed by atoms with van der Waals surface area (Å²) >= 11 is 0. The maximum absolute atomic E-state index is 10.8. The number of aromatic nitrogens is 3. The van der Waals surface area contributed by atoms with Gasteiger partial charge < -0.3 is 9.47 Å². The second-order valence-corrected chi connectivity index (χ2v) is 4.82. The molecule has 0 aliphatic carbocycles. The van der Waals surface area contributed by atoms with Gasteiger partial charge in [-0.15, -0.1) is 5.10 Å². The highest BCUT2D eigenvalue weighted by Gasteiger charge is 2.13. The molecule has 0 amide bonds. The highest BCUT2D eigenvalue weighted by atomic mass is 16.6. The third kappa shape index (κ3) is 3.32. The van der Waals surface area contributed by atoms with Gasteiger partial charge in [0.2, 0.25) is 0 Å². The Balaban J connectivity index is 1.72. The first-order valence-electron chi connectivity index (χ1n) is 7.08. The Labute approximate surface area is 137 Å². The molecule has 0 fully saturated rings. The number of methoxy groups -OCH3 is 1. The molecule has 2 aromatic carbocycles. The summed E-state index contributed by atoms with van der Waals surface area (Å²) in [5.74, 6) is 1.16. The summed E-state index contributed by atoms with van der Waals surface area (Å²) in [4.78, 5) is 14.5. The Kier molecular flexibility index (Phi) is 4.37. The summed E-state index contributed by atoms with van der Waals surface area (Å²) in [6.07, 6.45) is 1.60. The van der Waals surface area contributed by atoms with E-state index < -0.39 is 4.92 Å². The molecule has 0 spiro atoms. The van der Waals surface area contributed by atoms with Gasteiger partial charge in [0.05, 0.1) is 23.8 Å². The fourth-order valence-corrected chi connectivity index (χ4v) is 2.10. The van der Waals surface area contributed by atoms with Crippen LogP contribution in [0.3, 0.4) is 0 Å². The fourth-order valence-electron chi connectivity index (χ4n) is 2.10. The molecule has 122 valence electrons. The molecule has 1 heterocycles. The lowest BCUT2D eigenvalue weighted by molar-refractivity contribution is -0.385. The molecule has 8 nitrogen and oxygen atoms in total. The van der Waals surface area contributed by atoms with Crippen LogP contribution in [0.5, 0.6) is 11.5 Å². The van der Waals surface area contributed by atoms with Crippen molar-refractivity contribution in [1.29, 1.82) is 0 Å². The molecule has 3 aromatic rings. The van der Waals surface area contributed by atoms with E-state index in [0.29, 0.717) is 11.6 Å². The third-order valence-corrected chi connectivity index (χ3v) is 3.27. The molecule has 0 N–H and O–H groups in total. The van der Waals surface area contributed by atoms with E-state index in [1.807, 2.05) is 30.3 Å². The zero-order valence-corrected chi connectivity index (χ0v) is 12.8. The summed E-state index contributed by atoms with van der Waals surface area (Å²) < 4.78 is 12.4. The van der Waals surface area contributed by atoms with Crippen molar-refractivity contribution in [3.05, 3.63) is 70.8 Å². The third-order valence-electron chi connectivity index (χ3n) is 3.27. The van der Waals surface area contributed by atoms with Crippen molar-refractivity contribution >= 4 is 5.69 Å². The molecule has 0 unspecified atom stereocenters. The van der Waals surface area contributed by atoms with Crippen LogP contribution < -0.4 is 9.47 Å². The fraction of sp³-hybridized carbons (Fsp3) is 0.125. The van der Waals surface area contributed by atoms with Gasteiger partial charge in [-0.3, -0.25) is 10.1 Å². The maximum atomic E-state index is 10.8. The summed E-state index contributed by atoms with van der Waals surface area (Å²) in [6.45, 7) is 0.119. The number of benzene rings is 2. The Morgan fingerprint density at radius 1 is 1.17 bits per heavy atom. The number of hydrogen-bond acceptors (Lipinski definition) is 6. The van der Waals surface area contributed by atoms with Gasteiger partial charge in [-0.1, -0.05) is 18.2 Å². The van der Waals surface area contributed by atoms with Crippen LogP contribution in [0.15, 0.2) is 54.9 Å². The number of nitrogens with zero attached hydrogens (tertiary/aromatic N) is 4. The molecule has 0 radical (unpaired) electrons. The second kappa shape index (κ2) is 6.78. The Hall–Kier alpha value is -3.42. The number of rotatable bonds is 6. The topological polar surface area (TPSA) is 92.3 Å². The van der Waals surface area contributed by atoms with Crippen molar-refractivity contribution in [3.8, 4) is 17.2 Å². The number of non-ortho nitro benzene ring substituents is 1. The van der Waals surface area contributed by atoms with Crippen LogP contribution in [0.25, 0.3) is 5.69 Å². The van der Waals surface area contributed by atoms with E-state index in [-0.39, 0.29) is 18.0 Å². The van der Waals surface area contributed by atoms with Gasteiger partial charge in [0.1, 0.15) is 12.9 Å². The van der Waals surface area contributed by atoms with Crippen LogP contribution in [0, 0.1) is 10.1 Å². The highest BCUT2D eigenvalue weighted by molar-refractivity contribution is 5.48. The van der Waals surface area contributed by atoms with Crippen molar-refractivity contribution < 1.29 is 14.4 Å². The van der Waals surface area contributed by atoms with Crippen LogP contribution in [-0.4, -0.2) is 26.8 Å². The van der Waals surface area contributed by atoms with Gasteiger partial charge in [0, 0.05) is 6.07 Å². The molecule has 1 aromatic heterocycles. The first kappa shape index (κ1) is 15.5. The molecule has 0 atom stereocenters. The predicted molar refractivity (Wildman–Crippen MR) is 85.3 cm³/mol. The summed E-state index contributed by atoms with van der Waals surface area (Å²) in [5.41, 5.74) is 0.829. The lowest BCUT2D eigenvalue weighted by Crippen LogP contribution is -2.01. The van der Waals surface area contributed by atoms with Crippen LogP contribution in [0.2, 0.25) is 0 Å². The van der Waals surface area contributed by atoms with E-state index in [0.717, 1.165) is 5.69 Å². The van der Waals surface area contributed by atoms with E-state index in [4.69, 9.17) is 9.47 Å². The first-order valence-corrected chi connectivity index (χ1v) is 7.08. The number of ether oxygens (including phenoxy) is 2. The Morgan fingerprint density at radius 2 is 1.96 bits per heavy atom.